The molecule has 90 valence electrons. The predicted octanol–water partition coefficient (Wildman–Crippen LogP) is 1.72. The van der Waals surface area contributed by atoms with Crippen LogP contribution in [0.2, 0.25) is 0 Å². The lowest BCUT2D eigenvalue weighted by Crippen LogP contribution is -2.33. The highest BCUT2D eigenvalue weighted by Gasteiger charge is 2.39. The zero-order valence-electron chi connectivity index (χ0n) is 9.74. The minimum atomic E-state index is -0.329. The molecule has 1 heterocycles. The lowest BCUT2D eigenvalue weighted by atomic mass is 9.84. The second-order valence-electron chi connectivity index (χ2n) is 4.20. The summed E-state index contributed by atoms with van der Waals surface area (Å²) in [5.74, 6) is 1.16. The van der Waals surface area contributed by atoms with Crippen LogP contribution >= 0.6 is 0 Å². The van der Waals surface area contributed by atoms with Crippen molar-refractivity contribution in [3.8, 4) is 0 Å². The van der Waals surface area contributed by atoms with Gasteiger partial charge in [-0.3, -0.25) is 0 Å². The fourth-order valence-corrected chi connectivity index (χ4v) is 2.35. The molecule has 0 atom stereocenters. The van der Waals surface area contributed by atoms with Crippen molar-refractivity contribution in [1.29, 1.82) is 0 Å². The van der Waals surface area contributed by atoms with Crippen LogP contribution in [0.4, 0.5) is 0 Å². The van der Waals surface area contributed by atoms with Crippen LogP contribution in [0.3, 0.4) is 0 Å². The molecule has 2 N–H and O–H groups in total. The Labute approximate surface area is 95.3 Å². The highest BCUT2D eigenvalue weighted by molar-refractivity contribution is 5.03. The summed E-state index contributed by atoms with van der Waals surface area (Å²) in [7, 11) is 0. The van der Waals surface area contributed by atoms with E-state index in [2.05, 4.69) is 10.1 Å². The number of rotatable bonds is 4. The van der Waals surface area contributed by atoms with Gasteiger partial charge in [-0.15, -0.1) is 0 Å². The molecule has 5 heteroatoms. The molecular formula is C11H19N3O2. The summed E-state index contributed by atoms with van der Waals surface area (Å²) in [5, 5.41) is 4.01. The van der Waals surface area contributed by atoms with E-state index in [9.17, 15) is 0 Å². The maximum Gasteiger partial charge on any atom is 0.240 e. The van der Waals surface area contributed by atoms with Gasteiger partial charge < -0.3 is 15.0 Å². The molecule has 0 amide bonds. The van der Waals surface area contributed by atoms with Gasteiger partial charge in [0.05, 0.1) is 6.54 Å². The van der Waals surface area contributed by atoms with Gasteiger partial charge in [-0.1, -0.05) is 24.4 Å². The quantitative estimate of drug-likeness (QED) is 0.844. The average molecular weight is 225 g/mol. The van der Waals surface area contributed by atoms with E-state index in [1.165, 1.54) is 6.42 Å². The van der Waals surface area contributed by atoms with Crippen molar-refractivity contribution < 1.29 is 9.26 Å². The molecule has 2 rings (SSSR count). The van der Waals surface area contributed by atoms with Gasteiger partial charge in [-0.05, 0) is 19.8 Å². The van der Waals surface area contributed by atoms with Gasteiger partial charge in [0.1, 0.15) is 5.60 Å². The zero-order valence-corrected chi connectivity index (χ0v) is 9.74. The molecule has 1 saturated carbocycles. The Morgan fingerprint density at radius 2 is 2.12 bits per heavy atom. The zero-order chi connectivity index (χ0) is 11.4. The number of hydrogen-bond acceptors (Lipinski definition) is 5. The molecule has 1 aliphatic carbocycles. The molecule has 0 aromatic carbocycles. The van der Waals surface area contributed by atoms with Gasteiger partial charge in [0.25, 0.3) is 0 Å². The van der Waals surface area contributed by atoms with Crippen molar-refractivity contribution in [1.82, 2.24) is 10.1 Å². The average Bonchev–Trinajstić information content (AvgIpc) is 2.80. The van der Waals surface area contributed by atoms with E-state index in [0.717, 1.165) is 25.7 Å². The van der Waals surface area contributed by atoms with Crippen LogP contribution in [-0.2, 0) is 16.9 Å². The molecule has 5 nitrogen and oxygen atoms in total. The fourth-order valence-electron chi connectivity index (χ4n) is 2.35. The lowest BCUT2D eigenvalue weighted by molar-refractivity contribution is -0.0777. The highest BCUT2D eigenvalue weighted by atomic mass is 16.5. The lowest BCUT2D eigenvalue weighted by Gasteiger charge is -2.33. The van der Waals surface area contributed by atoms with Crippen LogP contribution in [0.1, 0.15) is 50.7 Å². The Bertz CT molecular complexity index is 326. The molecule has 0 saturated heterocycles. The molecule has 1 fully saturated rings. The standard InChI is InChI=1S/C11H19N3O2/c1-2-15-11(6-4-3-5-7-11)10-13-9(8-12)16-14-10/h2-8,12H2,1H3. The SMILES string of the molecule is CCOC1(c2noc(CN)n2)CCCCC1. The molecule has 1 aromatic heterocycles. The van der Waals surface area contributed by atoms with Gasteiger partial charge >= 0.3 is 0 Å². The van der Waals surface area contributed by atoms with E-state index >= 15 is 0 Å². The summed E-state index contributed by atoms with van der Waals surface area (Å²) in [6, 6.07) is 0. The van der Waals surface area contributed by atoms with Gasteiger partial charge in [-0.2, -0.15) is 4.98 Å². The first kappa shape index (κ1) is 11.5. The first-order valence-corrected chi connectivity index (χ1v) is 5.98. The summed E-state index contributed by atoms with van der Waals surface area (Å²) in [6.45, 7) is 2.96. The van der Waals surface area contributed by atoms with Crippen LogP contribution in [-0.4, -0.2) is 16.7 Å². The molecular weight excluding hydrogens is 206 g/mol. The van der Waals surface area contributed by atoms with Gasteiger partial charge in [-0.25, -0.2) is 0 Å². The van der Waals surface area contributed by atoms with Crippen molar-refractivity contribution >= 4 is 0 Å². The van der Waals surface area contributed by atoms with Gasteiger partial charge in [0.2, 0.25) is 11.7 Å². The largest absolute Gasteiger partial charge is 0.367 e. The smallest absolute Gasteiger partial charge is 0.240 e. The molecule has 1 aliphatic rings. The van der Waals surface area contributed by atoms with E-state index in [1.807, 2.05) is 6.92 Å². The third kappa shape index (κ3) is 2.10. The van der Waals surface area contributed by atoms with Crippen LogP contribution in [0.15, 0.2) is 4.52 Å². The molecule has 0 radical (unpaired) electrons. The molecule has 1 aromatic rings. The van der Waals surface area contributed by atoms with Crippen molar-refractivity contribution in [2.24, 2.45) is 5.73 Å². The molecule has 0 bridgehead atoms. The summed E-state index contributed by atoms with van der Waals surface area (Å²) in [4.78, 5) is 4.32. The molecule has 0 spiro atoms. The number of aromatic nitrogens is 2. The maximum atomic E-state index is 5.89. The normalized spacial score (nSPS) is 19.9. The number of nitrogens with zero attached hydrogens (tertiary/aromatic N) is 2. The first-order valence-electron chi connectivity index (χ1n) is 5.98. The Balaban J connectivity index is 2.23. The summed E-state index contributed by atoms with van der Waals surface area (Å²) < 4.78 is 11.0. The first-order chi connectivity index (χ1) is 7.80. The van der Waals surface area contributed by atoms with Crippen LogP contribution in [0.5, 0.6) is 0 Å². The van der Waals surface area contributed by atoms with Crippen LogP contribution in [0, 0.1) is 0 Å². The highest BCUT2D eigenvalue weighted by Crippen LogP contribution is 2.38. The fraction of sp³-hybridized carbons (Fsp3) is 0.818. The Morgan fingerprint density at radius 1 is 1.38 bits per heavy atom. The van der Waals surface area contributed by atoms with Crippen molar-refractivity contribution in [2.45, 2.75) is 51.2 Å². The van der Waals surface area contributed by atoms with Crippen LogP contribution < -0.4 is 5.73 Å². The summed E-state index contributed by atoms with van der Waals surface area (Å²) in [5.41, 5.74) is 5.14. The van der Waals surface area contributed by atoms with E-state index in [-0.39, 0.29) is 12.1 Å². The minimum absolute atomic E-state index is 0.287. The number of nitrogens with two attached hydrogens (primary N) is 1. The topological polar surface area (TPSA) is 74.2 Å². The van der Waals surface area contributed by atoms with Gasteiger partial charge in [0, 0.05) is 6.61 Å². The number of ether oxygens (including phenoxy) is 1. The molecule has 0 unspecified atom stereocenters. The third-order valence-electron chi connectivity index (χ3n) is 3.13. The van der Waals surface area contributed by atoms with E-state index in [4.69, 9.17) is 15.0 Å². The van der Waals surface area contributed by atoms with E-state index < -0.39 is 0 Å². The number of hydrogen-bond donors (Lipinski definition) is 1. The second-order valence-corrected chi connectivity index (χ2v) is 4.20. The minimum Gasteiger partial charge on any atom is -0.367 e. The maximum absolute atomic E-state index is 5.89. The monoisotopic (exact) mass is 225 g/mol. The molecule has 16 heavy (non-hydrogen) atoms. The third-order valence-corrected chi connectivity index (χ3v) is 3.13. The van der Waals surface area contributed by atoms with Gasteiger partial charge in [0.15, 0.2) is 0 Å². The summed E-state index contributed by atoms with van der Waals surface area (Å²) in [6.07, 6.45) is 5.53. The van der Waals surface area contributed by atoms with Crippen molar-refractivity contribution in [3.63, 3.8) is 0 Å². The van der Waals surface area contributed by atoms with E-state index in [1.54, 1.807) is 0 Å². The van der Waals surface area contributed by atoms with E-state index in [0.29, 0.717) is 18.3 Å². The van der Waals surface area contributed by atoms with Crippen molar-refractivity contribution in [2.75, 3.05) is 6.61 Å². The Hall–Kier alpha value is -0.940. The van der Waals surface area contributed by atoms with Crippen molar-refractivity contribution in [3.05, 3.63) is 11.7 Å². The van der Waals surface area contributed by atoms with Crippen LogP contribution in [0.25, 0.3) is 0 Å². The molecule has 0 aliphatic heterocycles. The Morgan fingerprint density at radius 3 is 2.69 bits per heavy atom. The Kier molecular flexibility index (Phi) is 3.56. The predicted molar refractivity (Wildman–Crippen MR) is 58.6 cm³/mol. The summed E-state index contributed by atoms with van der Waals surface area (Å²) >= 11 is 0. The second kappa shape index (κ2) is 4.93.